The summed E-state index contributed by atoms with van der Waals surface area (Å²) >= 11 is 6.05. The number of nitrogens with one attached hydrogen (secondary N) is 2. The van der Waals surface area contributed by atoms with E-state index in [4.69, 9.17) is 11.6 Å². The Morgan fingerprint density at radius 3 is 2.50 bits per heavy atom. The van der Waals surface area contributed by atoms with Crippen LogP contribution in [0.4, 0.5) is 11.4 Å². The summed E-state index contributed by atoms with van der Waals surface area (Å²) in [6, 6.07) is 12.5. The fourth-order valence-electron chi connectivity index (χ4n) is 3.32. The molecule has 9 heteroatoms. The maximum Gasteiger partial charge on any atom is 0.243 e. The van der Waals surface area contributed by atoms with E-state index in [2.05, 4.69) is 15.5 Å². The van der Waals surface area contributed by atoms with Crippen LogP contribution in [0.3, 0.4) is 0 Å². The van der Waals surface area contributed by atoms with Gasteiger partial charge in [-0.1, -0.05) is 17.7 Å². The zero-order valence-electron chi connectivity index (χ0n) is 17.2. The molecule has 7 nitrogen and oxygen atoms in total. The number of sulfonamides is 1. The molecule has 0 atom stereocenters. The molecule has 0 aliphatic carbocycles. The number of carbonyl (C=O) groups excluding carboxylic acids is 1. The van der Waals surface area contributed by atoms with Crippen LogP contribution in [0, 0.1) is 6.92 Å². The van der Waals surface area contributed by atoms with Crippen molar-refractivity contribution >= 4 is 38.9 Å². The summed E-state index contributed by atoms with van der Waals surface area (Å²) in [4.78, 5) is 14.8. The van der Waals surface area contributed by atoms with Crippen molar-refractivity contribution < 1.29 is 13.2 Å². The van der Waals surface area contributed by atoms with E-state index in [0.29, 0.717) is 16.3 Å². The molecule has 0 spiro atoms. The highest BCUT2D eigenvalue weighted by atomic mass is 35.5. The molecule has 3 rings (SSSR count). The van der Waals surface area contributed by atoms with Gasteiger partial charge in [-0.15, -0.1) is 0 Å². The molecular formula is C21H27ClN4O3S. The average molecular weight is 451 g/mol. The Kier molecular flexibility index (Phi) is 7.36. The summed E-state index contributed by atoms with van der Waals surface area (Å²) < 4.78 is 26.8. The van der Waals surface area contributed by atoms with Crippen LogP contribution in [0.2, 0.25) is 5.02 Å². The first-order chi connectivity index (χ1) is 14.3. The van der Waals surface area contributed by atoms with Gasteiger partial charge in [-0.2, -0.15) is 0 Å². The maximum absolute atomic E-state index is 12.8. The van der Waals surface area contributed by atoms with Crippen LogP contribution >= 0.6 is 11.6 Å². The van der Waals surface area contributed by atoms with Crippen molar-refractivity contribution in [1.29, 1.82) is 0 Å². The highest BCUT2D eigenvalue weighted by molar-refractivity contribution is 7.89. The van der Waals surface area contributed by atoms with Crippen molar-refractivity contribution in [1.82, 2.24) is 9.62 Å². The lowest BCUT2D eigenvalue weighted by Gasteiger charge is -2.29. The first-order valence-corrected chi connectivity index (χ1v) is 11.7. The second-order valence-corrected chi connectivity index (χ2v) is 9.69. The Morgan fingerprint density at radius 1 is 1.17 bits per heavy atom. The molecule has 2 aromatic rings. The van der Waals surface area contributed by atoms with Gasteiger partial charge < -0.3 is 15.5 Å². The van der Waals surface area contributed by atoms with Gasteiger partial charge in [-0.3, -0.25) is 4.79 Å². The van der Waals surface area contributed by atoms with Gasteiger partial charge in [0.2, 0.25) is 15.9 Å². The molecule has 0 aromatic heterocycles. The quantitative estimate of drug-likeness (QED) is 0.677. The Labute approximate surface area is 183 Å². The summed E-state index contributed by atoms with van der Waals surface area (Å²) in [5, 5.41) is 6.54. The molecule has 0 unspecified atom stereocenters. The van der Waals surface area contributed by atoms with Crippen LogP contribution in [0.5, 0.6) is 0 Å². The number of piperazine rings is 1. The zero-order valence-corrected chi connectivity index (χ0v) is 18.8. The minimum absolute atomic E-state index is 0.0505. The van der Waals surface area contributed by atoms with Gasteiger partial charge in [0.05, 0.1) is 4.90 Å². The first-order valence-electron chi connectivity index (χ1n) is 9.86. The third kappa shape index (κ3) is 5.31. The van der Waals surface area contributed by atoms with E-state index >= 15 is 0 Å². The Hall–Kier alpha value is -2.13. The van der Waals surface area contributed by atoms with E-state index in [9.17, 15) is 13.2 Å². The van der Waals surface area contributed by atoms with Crippen LogP contribution in [0.25, 0.3) is 0 Å². The normalized spacial score (nSPS) is 14.7. The van der Waals surface area contributed by atoms with Gasteiger partial charge in [0.15, 0.2) is 0 Å². The lowest BCUT2D eigenvalue weighted by molar-refractivity contribution is -0.116. The van der Waals surface area contributed by atoms with Gasteiger partial charge in [-0.05, 0) is 48.9 Å². The van der Waals surface area contributed by atoms with Crippen LogP contribution < -0.4 is 15.5 Å². The smallest absolute Gasteiger partial charge is 0.243 e. The fraction of sp³-hybridized carbons (Fsp3) is 0.381. The van der Waals surface area contributed by atoms with E-state index in [1.807, 2.05) is 24.3 Å². The fourth-order valence-corrected chi connectivity index (χ4v) is 4.96. The number of hydrogen-bond acceptors (Lipinski definition) is 5. The second-order valence-electron chi connectivity index (χ2n) is 7.27. The van der Waals surface area contributed by atoms with E-state index in [0.717, 1.165) is 31.9 Å². The molecular weight excluding hydrogens is 424 g/mol. The molecule has 0 bridgehead atoms. The SMILES string of the molecule is Cc1c(Cl)cccc1S(=O)(=O)N(C)CCC(=O)Nc1ccc(N2CCNCC2)cc1. The number of rotatable bonds is 7. The van der Waals surface area contributed by atoms with Gasteiger partial charge in [0.1, 0.15) is 0 Å². The molecule has 1 fully saturated rings. The van der Waals surface area contributed by atoms with E-state index in [-0.39, 0.29) is 23.8 Å². The van der Waals surface area contributed by atoms with E-state index in [1.54, 1.807) is 19.1 Å². The predicted octanol–water partition coefficient (Wildman–Crippen LogP) is 2.71. The Morgan fingerprint density at radius 2 is 1.83 bits per heavy atom. The van der Waals surface area contributed by atoms with E-state index in [1.165, 1.54) is 17.4 Å². The molecule has 1 aliphatic heterocycles. The maximum atomic E-state index is 12.8. The van der Waals surface area contributed by atoms with Gasteiger partial charge >= 0.3 is 0 Å². The van der Waals surface area contributed by atoms with Crippen LogP contribution in [0.1, 0.15) is 12.0 Å². The zero-order chi connectivity index (χ0) is 21.7. The summed E-state index contributed by atoms with van der Waals surface area (Å²) in [6.45, 7) is 5.57. The van der Waals surface area contributed by atoms with Crippen LogP contribution in [-0.2, 0) is 14.8 Å². The summed E-state index contributed by atoms with van der Waals surface area (Å²) in [6.07, 6.45) is 0.0505. The van der Waals surface area contributed by atoms with Crippen molar-refractivity contribution in [3.8, 4) is 0 Å². The standard InChI is InChI=1S/C21H27ClN4O3S/c1-16-19(22)4-3-5-20(16)30(28,29)25(2)13-10-21(27)24-17-6-8-18(9-7-17)26-14-11-23-12-15-26/h3-9,23H,10-15H2,1-2H3,(H,24,27). The molecule has 1 heterocycles. The second kappa shape index (κ2) is 9.78. The predicted molar refractivity (Wildman–Crippen MR) is 121 cm³/mol. The van der Waals surface area contributed by atoms with Crippen LogP contribution in [-0.4, -0.2) is 58.4 Å². The topological polar surface area (TPSA) is 81.8 Å². The number of amides is 1. The largest absolute Gasteiger partial charge is 0.369 e. The first kappa shape index (κ1) is 22.6. The molecule has 2 N–H and O–H groups in total. The van der Waals surface area contributed by atoms with Crippen molar-refractivity contribution in [2.45, 2.75) is 18.2 Å². The molecule has 30 heavy (non-hydrogen) atoms. The van der Waals surface area contributed by atoms with Gasteiger partial charge in [0, 0.05) is 62.6 Å². The molecule has 0 radical (unpaired) electrons. The number of halogens is 1. The minimum Gasteiger partial charge on any atom is -0.369 e. The van der Waals surface area contributed by atoms with Crippen molar-refractivity contribution in [2.24, 2.45) is 0 Å². The lowest BCUT2D eigenvalue weighted by atomic mass is 10.2. The number of benzene rings is 2. The van der Waals surface area contributed by atoms with Gasteiger partial charge in [-0.25, -0.2) is 12.7 Å². The third-order valence-electron chi connectivity index (χ3n) is 5.19. The highest BCUT2D eigenvalue weighted by Gasteiger charge is 2.24. The number of nitrogens with zero attached hydrogens (tertiary/aromatic N) is 2. The summed E-state index contributed by atoms with van der Waals surface area (Å²) in [7, 11) is -2.26. The summed E-state index contributed by atoms with van der Waals surface area (Å²) in [5.74, 6) is -0.241. The molecule has 1 aliphatic rings. The van der Waals surface area contributed by atoms with Crippen molar-refractivity contribution in [2.75, 3.05) is 50.0 Å². The van der Waals surface area contributed by atoms with Crippen molar-refractivity contribution in [3.63, 3.8) is 0 Å². The highest BCUT2D eigenvalue weighted by Crippen LogP contribution is 2.25. The monoisotopic (exact) mass is 450 g/mol. The van der Waals surface area contributed by atoms with E-state index < -0.39 is 10.0 Å². The number of hydrogen-bond donors (Lipinski definition) is 2. The molecule has 2 aromatic carbocycles. The average Bonchev–Trinajstić information content (AvgIpc) is 2.75. The summed E-state index contributed by atoms with van der Waals surface area (Å²) in [5.41, 5.74) is 2.31. The molecule has 162 valence electrons. The molecule has 0 saturated carbocycles. The minimum atomic E-state index is -3.72. The van der Waals surface area contributed by atoms with Crippen LogP contribution in [0.15, 0.2) is 47.4 Å². The lowest BCUT2D eigenvalue weighted by Crippen LogP contribution is -2.43. The van der Waals surface area contributed by atoms with Crippen molar-refractivity contribution in [3.05, 3.63) is 53.1 Å². The van der Waals surface area contributed by atoms with Gasteiger partial charge in [0.25, 0.3) is 0 Å². The third-order valence-corrected chi connectivity index (χ3v) is 7.60. The number of carbonyl (C=O) groups is 1. The Balaban J connectivity index is 1.55. The molecule has 1 saturated heterocycles. The number of anilines is 2. The molecule has 1 amide bonds. The Bertz CT molecular complexity index is 990.